The van der Waals surface area contributed by atoms with Gasteiger partial charge >= 0.3 is 0 Å². The minimum Gasteiger partial charge on any atom is -0.318 e. The van der Waals surface area contributed by atoms with Crippen molar-refractivity contribution in [2.24, 2.45) is 5.92 Å². The number of amides is 1. The highest BCUT2D eigenvalue weighted by molar-refractivity contribution is 5.81. The number of benzene rings is 1. The molecular formula is C17H23FN2O. The first kappa shape index (κ1) is 14.5. The van der Waals surface area contributed by atoms with Gasteiger partial charge in [0.1, 0.15) is 12.0 Å². The van der Waals surface area contributed by atoms with Crippen LogP contribution in [0.15, 0.2) is 24.3 Å². The summed E-state index contributed by atoms with van der Waals surface area (Å²) in [6.45, 7) is 2.53. The minimum atomic E-state index is -0.316. The molecule has 2 aliphatic rings. The van der Waals surface area contributed by atoms with Crippen LogP contribution in [-0.2, 0) is 4.79 Å². The normalized spacial score (nSPS) is 30.5. The quantitative estimate of drug-likeness (QED) is 0.848. The predicted molar refractivity (Wildman–Crippen MR) is 80.0 cm³/mol. The van der Waals surface area contributed by atoms with Crippen LogP contribution in [0.25, 0.3) is 0 Å². The van der Waals surface area contributed by atoms with E-state index >= 15 is 0 Å². The molecule has 21 heavy (non-hydrogen) atoms. The molecule has 3 rings (SSSR count). The zero-order chi connectivity index (χ0) is 14.8. The summed E-state index contributed by atoms with van der Waals surface area (Å²) in [7, 11) is 0. The van der Waals surface area contributed by atoms with Gasteiger partial charge < -0.3 is 4.90 Å². The van der Waals surface area contributed by atoms with Crippen LogP contribution in [0, 0.1) is 11.7 Å². The maximum absolute atomic E-state index is 14.1. The van der Waals surface area contributed by atoms with E-state index in [0.717, 1.165) is 19.3 Å². The van der Waals surface area contributed by atoms with Crippen molar-refractivity contribution in [2.45, 2.75) is 51.2 Å². The van der Waals surface area contributed by atoms with Gasteiger partial charge in [0.15, 0.2) is 0 Å². The molecule has 1 aromatic rings. The van der Waals surface area contributed by atoms with E-state index in [2.05, 4.69) is 12.2 Å². The second-order valence-corrected chi connectivity index (χ2v) is 6.29. The third-order valence-corrected chi connectivity index (χ3v) is 4.89. The van der Waals surface area contributed by atoms with Gasteiger partial charge in [-0.2, -0.15) is 0 Å². The van der Waals surface area contributed by atoms with Crippen molar-refractivity contribution in [2.75, 3.05) is 6.54 Å². The number of carbonyl (C=O) groups excluding carboxylic acids is 1. The first-order valence-corrected chi connectivity index (χ1v) is 7.97. The summed E-state index contributed by atoms with van der Waals surface area (Å²) in [6.07, 6.45) is 5.49. The average Bonchev–Trinajstić information content (AvgIpc) is 2.71. The molecule has 0 aromatic heterocycles. The third-order valence-electron chi connectivity index (χ3n) is 4.89. The third kappa shape index (κ3) is 2.82. The van der Waals surface area contributed by atoms with E-state index in [9.17, 15) is 9.18 Å². The second-order valence-electron chi connectivity index (χ2n) is 6.29. The molecule has 1 aliphatic carbocycles. The first-order chi connectivity index (χ1) is 10.2. The summed E-state index contributed by atoms with van der Waals surface area (Å²) in [6, 6.07) is 6.99. The average molecular weight is 290 g/mol. The summed E-state index contributed by atoms with van der Waals surface area (Å²) in [5.41, 5.74) is 0.583. The second kappa shape index (κ2) is 6.14. The van der Waals surface area contributed by atoms with Crippen LogP contribution in [0.4, 0.5) is 4.39 Å². The summed E-state index contributed by atoms with van der Waals surface area (Å²) in [5, 5.41) is 3.19. The molecule has 0 radical (unpaired) electrons. The van der Waals surface area contributed by atoms with Gasteiger partial charge in [-0.1, -0.05) is 44.4 Å². The molecule has 114 valence electrons. The lowest BCUT2D eigenvalue weighted by molar-refractivity contribution is -0.131. The standard InChI is InChI=1S/C17H23FN2O/c1-12-7-3-2-4-10-15(12)20-16(21)11-19-17(20)13-8-5-6-9-14(13)18/h5-6,8-9,12,15,17,19H,2-4,7,10-11H2,1H3. The number of rotatable bonds is 2. The molecule has 1 aliphatic heterocycles. The first-order valence-electron chi connectivity index (χ1n) is 7.97. The Kier molecular flexibility index (Phi) is 4.24. The Morgan fingerprint density at radius 2 is 1.95 bits per heavy atom. The molecule has 1 aromatic carbocycles. The summed E-state index contributed by atoms with van der Waals surface area (Å²) in [4.78, 5) is 14.3. The SMILES string of the molecule is CC1CCCCCC1N1C(=O)CNC1c1ccccc1F. The van der Waals surface area contributed by atoms with E-state index in [1.165, 1.54) is 18.9 Å². The number of nitrogens with one attached hydrogen (secondary N) is 1. The van der Waals surface area contributed by atoms with Gasteiger partial charge in [-0.15, -0.1) is 0 Å². The highest BCUT2D eigenvalue weighted by Gasteiger charge is 2.39. The monoisotopic (exact) mass is 290 g/mol. The van der Waals surface area contributed by atoms with Gasteiger partial charge in [-0.3, -0.25) is 10.1 Å². The van der Waals surface area contributed by atoms with Crippen LogP contribution in [0.1, 0.15) is 50.8 Å². The van der Waals surface area contributed by atoms with E-state index in [1.54, 1.807) is 12.1 Å². The maximum atomic E-state index is 14.1. The highest BCUT2D eigenvalue weighted by atomic mass is 19.1. The molecule has 3 nitrogen and oxygen atoms in total. The van der Waals surface area contributed by atoms with Gasteiger partial charge in [0.05, 0.1) is 6.54 Å². The van der Waals surface area contributed by atoms with Crippen LogP contribution in [-0.4, -0.2) is 23.4 Å². The highest BCUT2D eigenvalue weighted by Crippen LogP contribution is 2.34. The van der Waals surface area contributed by atoms with Crippen LogP contribution >= 0.6 is 0 Å². The molecule has 3 atom stereocenters. The summed E-state index contributed by atoms with van der Waals surface area (Å²) < 4.78 is 14.1. The van der Waals surface area contributed by atoms with Gasteiger partial charge in [-0.05, 0) is 24.8 Å². The van der Waals surface area contributed by atoms with Crippen molar-refractivity contribution < 1.29 is 9.18 Å². The molecule has 4 heteroatoms. The Bertz CT molecular complexity index is 519. The van der Waals surface area contributed by atoms with E-state index in [1.807, 2.05) is 11.0 Å². The van der Waals surface area contributed by atoms with Crippen LogP contribution in [0.3, 0.4) is 0 Å². The van der Waals surface area contributed by atoms with Gasteiger partial charge in [0.2, 0.25) is 5.91 Å². The lowest BCUT2D eigenvalue weighted by atomic mass is 9.94. The maximum Gasteiger partial charge on any atom is 0.238 e. The number of hydrogen-bond donors (Lipinski definition) is 1. The fraction of sp³-hybridized carbons (Fsp3) is 0.588. The molecule has 1 saturated carbocycles. The number of hydrogen-bond acceptors (Lipinski definition) is 2. The largest absolute Gasteiger partial charge is 0.318 e. The predicted octanol–water partition coefficient (Wildman–Crippen LogP) is 3.22. The zero-order valence-corrected chi connectivity index (χ0v) is 12.5. The lowest BCUT2D eigenvalue weighted by Crippen LogP contribution is -2.43. The fourth-order valence-electron chi connectivity index (χ4n) is 3.74. The van der Waals surface area contributed by atoms with Crippen LogP contribution in [0.5, 0.6) is 0 Å². The van der Waals surface area contributed by atoms with Crippen molar-refractivity contribution in [1.29, 1.82) is 0 Å². The molecular weight excluding hydrogens is 267 g/mol. The van der Waals surface area contributed by atoms with Crippen molar-refractivity contribution in [3.05, 3.63) is 35.6 Å². The van der Waals surface area contributed by atoms with E-state index in [4.69, 9.17) is 0 Å². The molecule has 2 fully saturated rings. The van der Waals surface area contributed by atoms with Crippen molar-refractivity contribution in [1.82, 2.24) is 10.2 Å². The Morgan fingerprint density at radius 3 is 2.76 bits per heavy atom. The number of nitrogens with zero attached hydrogens (tertiary/aromatic N) is 1. The van der Waals surface area contributed by atoms with Gasteiger partial charge in [0, 0.05) is 11.6 Å². The topological polar surface area (TPSA) is 32.3 Å². The Balaban J connectivity index is 1.90. The number of halogens is 1. The van der Waals surface area contributed by atoms with Gasteiger partial charge in [0.25, 0.3) is 0 Å². The number of carbonyl (C=O) groups is 1. The minimum absolute atomic E-state index is 0.0991. The summed E-state index contributed by atoms with van der Waals surface area (Å²) >= 11 is 0. The molecule has 1 amide bonds. The molecule has 0 bridgehead atoms. The van der Waals surface area contributed by atoms with Gasteiger partial charge in [-0.25, -0.2) is 4.39 Å². The Morgan fingerprint density at radius 1 is 1.19 bits per heavy atom. The molecule has 0 spiro atoms. The van der Waals surface area contributed by atoms with E-state index in [-0.39, 0.29) is 23.9 Å². The smallest absolute Gasteiger partial charge is 0.238 e. The van der Waals surface area contributed by atoms with Crippen molar-refractivity contribution in [3.8, 4) is 0 Å². The molecule has 1 heterocycles. The summed E-state index contributed by atoms with van der Waals surface area (Å²) in [5.74, 6) is 0.337. The zero-order valence-electron chi connectivity index (χ0n) is 12.5. The van der Waals surface area contributed by atoms with Crippen molar-refractivity contribution in [3.63, 3.8) is 0 Å². The van der Waals surface area contributed by atoms with Crippen LogP contribution in [0.2, 0.25) is 0 Å². The van der Waals surface area contributed by atoms with E-state index in [0.29, 0.717) is 18.0 Å². The fourth-order valence-corrected chi connectivity index (χ4v) is 3.74. The van der Waals surface area contributed by atoms with Crippen LogP contribution < -0.4 is 5.32 Å². The molecule has 1 saturated heterocycles. The van der Waals surface area contributed by atoms with Crippen molar-refractivity contribution >= 4 is 5.91 Å². The molecule has 3 unspecified atom stereocenters. The molecule has 1 N–H and O–H groups in total. The Labute approximate surface area is 125 Å². The Hall–Kier alpha value is -1.42. The van der Waals surface area contributed by atoms with E-state index < -0.39 is 0 Å². The lowest BCUT2D eigenvalue weighted by Gasteiger charge is -2.36.